The molecule has 17 unspecified atom stereocenters. The molecule has 12 N–H and O–H groups in total. The van der Waals surface area contributed by atoms with E-state index in [9.17, 15) is 61.0 Å². The number of carbonyl (C=O) groups is 1. The van der Waals surface area contributed by atoms with Gasteiger partial charge in [0.2, 0.25) is 5.91 Å². The zero-order chi connectivity index (χ0) is 68.9. The van der Waals surface area contributed by atoms with Crippen LogP contribution in [0.4, 0.5) is 0 Å². The zero-order valence-corrected chi connectivity index (χ0v) is 59.2. The van der Waals surface area contributed by atoms with Crippen LogP contribution in [0.3, 0.4) is 0 Å². The van der Waals surface area contributed by atoms with Crippen LogP contribution in [0.25, 0.3) is 0 Å². The van der Waals surface area contributed by atoms with Crippen molar-refractivity contribution in [1.29, 1.82) is 0 Å². The summed E-state index contributed by atoms with van der Waals surface area (Å²) in [6.45, 7) is 1.73. The number of aliphatic hydroxyl groups excluding tert-OH is 11. The standard InChI is InChI=1S/C76H139NO18/c1-3-5-7-9-11-13-15-17-19-21-23-24-25-26-27-28-29-30-31-32-33-34-36-38-40-42-44-46-48-50-52-54-64(82)77-59(60(81)53-51-49-47-45-43-41-39-37-35-22-20-18-16-14-12-10-8-6-4-2)58-90-74-70(88)67(85)72(62(56-79)92-74)95-76-71(89)68(86)73(63(57-80)93-76)94-75-69(87)66(84)65(83)61(55-78)91-75/h21,23,35,37,43,45,51,53,59-63,65-76,78-81,83-89H,3-20,22,24-34,36,38-42,44,46-50,52,54-58H2,1-2H3,(H,77,82)/b23-21-,37-35+,45-43+,53-51+. The fourth-order valence-electron chi connectivity index (χ4n) is 12.9. The van der Waals surface area contributed by atoms with Gasteiger partial charge < -0.3 is 89.9 Å². The van der Waals surface area contributed by atoms with Crippen molar-refractivity contribution in [2.75, 3.05) is 26.4 Å². The molecule has 1 amide bonds. The van der Waals surface area contributed by atoms with Gasteiger partial charge in [-0.1, -0.05) is 268 Å². The number of rotatable bonds is 60. The van der Waals surface area contributed by atoms with Gasteiger partial charge in [0.1, 0.15) is 73.2 Å². The molecule has 19 heteroatoms. The minimum atomic E-state index is -1.98. The Balaban J connectivity index is 1.38. The van der Waals surface area contributed by atoms with E-state index in [0.29, 0.717) is 12.8 Å². The van der Waals surface area contributed by atoms with Crippen LogP contribution in [0.2, 0.25) is 0 Å². The van der Waals surface area contributed by atoms with Gasteiger partial charge in [-0.25, -0.2) is 0 Å². The molecule has 3 fully saturated rings. The highest BCUT2D eigenvalue weighted by atomic mass is 16.8. The number of allylic oxidation sites excluding steroid dienone is 7. The molecule has 17 atom stereocenters. The lowest BCUT2D eigenvalue weighted by molar-refractivity contribution is -0.379. The number of unbranched alkanes of at least 4 members (excludes halogenated alkanes) is 38. The summed E-state index contributed by atoms with van der Waals surface area (Å²) in [5, 5.41) is 121. The van der Waals surface area contributed by atoms with Gasteiger partial charge in [-0.2, -0.15) is 0 Å². The van der Waals surface area contributed by atoms with Crippen molar-refractivity contribution in [3.63, 3.8) is 0 Å². The van der Waals surface area contributed by atoms with Crippen molar-refractivity contribution in [1.82, 2.24) is 5.32 Å². The third kappa shape index (κ3) is 38.4. The van der Waals surface area contributed by atoms with Crippen molar-refractivity contribution in [2.45, 2.75) is 401 Å². The summed E-state index contributed by atoms with van der Waals surface area (Å²) < 4.78 is 34.4. The van der Waals surface area contributed by atoms with Crippen LogP contribution in [0, 0.1) is 0 Å². The van der Waals surface area contributed by atoms with Crippen LogP contribution < -0.4 is 5.32 Å². The Bertz CT molecular complexity index is 1910. The largest absolute Gasteiger partial charge is 0.394 e. The topological polar surface area (TPSA) is 307 Å². The summed E-state index contributed by atoms with van der Waals surface area (Å²) in [5.41, 5.74) is 0. The highest BCUT2D eigenvalue weighted by Crippen LogP contribution is 2.33. The fourth-order valence-corrected chi connectivity index (χ4v) is 12.9. The molecule has 0 aromatic carbocycles. The number of hydrogen-bond donors (Lipinski definition) is 12. The predicted molar refractivity (Wildman–Crippen MR) is 374 cm³/mol. The minimum absolute atomic E-state index is 0.234. The normalized spacial score (nSPS) is 27.4. The summed E-state index contributed by atoms with van der Waals surface area (Å²) in [6, 6.07) is -0.997. The molecule has 19 nitrogen and oxygen atoms in total. The molecular formula is C76H139NO18. The molecule has 3 saturated heterocycles. The van der Waals surface area contributed by atoms with Gasteiger partial charge in [0.25, 0.3) is 0 Å². The van der Waals surface area contributed by atoms with Crippen LogP contribution in [-0.2, 0) is 33.2 Å². The molecule has 95 heavy (non-hydrogen) atoms. The van der Waals surface area contributed by atoms with Gasteiger partial charge >= 0.3 is 0 Å². The third-order valence-corrected chi connectivity index (χ3v) is 19.1. The number of ether oxygens (including phenoxy) is 6. The van der Waals surface area contributed by atoms with Gasteiger partial charge in [0.15, 0.2) is 18.9 Å². The molecule has 0 radical (unpaired) electrons. The Hall–Kier alpha value is -2.25. The summed E-state index contributed by atoms with van der Waals surface area (Å²) in [7, 11) is 0. The van der Waals surface area contributed by atoms with Crippen molar-refractivity contribution in [3.8, 4) is 0 Å². The Morgan fingerprint density at radius 1 is 0.368 bits per heavy atom. The molecule has 3 aliphatic heterocycles. The highest BCUT2D eigenvalue weighted by molar-refractivity contribution is 5.76. The Labute approximate surface area is 573 Å². The second kappa shape index (κ2) is 57.4. The third-order valence-electron chi connectivity index (χ3n) is 19.1. The number of carbonyl (C=O) groups excluding carboxylic acids is 1. The van der Waals surface area contributed by atoms with Crippen LogP contribution in [0.5, 0.6) is 0 Å². The van der Waals surface area contributed by atoms with E-state index in [1.165, 1.54) is 218 Å². The first-order chi connectivity index (χ1) is 46.3. The maximum Gasteiger partial charge on any atom is 0.220 e. The fraction of sp³-hybridized carbons (Fsp3) is 0.882. The quantitative estimate of drug-likeness (QED) is 0.0199. The van der Waals surface area contributed by atoms with E-state index in [-0.39, 0.29) is 18.9 Å². The van der Waals surface area contributed by atoms with Gasteiger partial charge in [0, 0.05) is 6.42 Å². The van der Waals surface area contributed by atoms with Crippen LogP contribution >= 0.6 is 0 Å². The molecule has 556 valence electrons. The summed E-state index contributed by atoms with van der Waals surface area (Å²) >= 11 is 0. The van der Waals surface area contributed by atoms with Gasteiger partial charge in [-0.05, 0) is 70.6 Å². The van der Waals surface area contributed by atoms with E-state index >= 15 is 0 Å². The summed E-state index contributed by atoms with van der Waals surface area (Å²) in [5.74, 6) is -0.285. The first kappa shape index (κ1) is 87.0. The van der Waals surface area contributed by atoms with E-state index in [2.05, 4.69) is 55.6 Å². The molecule has 3 aliphatic rings. The maximum atomic E-state index is 13.4. The van der Waals surface area contributed by atoms with E-state index in [1.54, 1.807) is 6.08 Å². The molecule has 3 rings (SSSR count). The monoisotopic (exact) mass is 1350 g/mol. The molecule has 0 bridgehead atoms. The molecule has 0 saturated carbocycles. The van der Waals surface area contributed by atoms with Crippen molar-refractivity contribution in [2.24, 2.45) is 0 Å². The van der Waals surface area contributed by atoms with E-state index in [1.807, 2.05) is 6.08 Å². The van der Waals surface area contributed by atoms with Crippen LogP contribution in [0.1, 0.15) is 296 Å². The lowest BCUT2D eigenvalue weighted by Gasteiger charge is -2.48. The Kier molecular flexibility index (Phi) is 52.5. The molecule has 3 heterocycles. The van der Waals surface area contributed by atoms with Gasteiger partial charge in [0.05, 0.1) is 38.6 Å². The Morgan fingerprint density at radius 3 is 1.05 bits per heavy atom. The average Bonchev–Trinajstić information content (AvgIpc) is 0.787. The zero-order valence-electron chi connectivity index (χ0n) is 59.2. The van der Waals surface area contributed by atoms with E-state index in [0.717, 1.165) is 44.9 Å². The minimum Gasteiger partial charge on any atom is -0.394 e. The second-order valence-corrected chi connectivity index (χ2v) is 27.4. The summed E-state index contributed by atoms with van der Waals surface area (Å²) in [6.07, 6.45) is 43.9. The second-order valence-electron chi connectivity index (χ2n) is 27.4. The van der Waals surface area contributed by atoms with Crippen LogP contribution in [-0.4, -0.2) is 193 Å². The molecule has 0 aromatic heterocycles. The number of amides is 1. The smallest absolute Gasteiger partial charge is 0.220 e. The van der Waals surface area contributed by atoms with Crippen molar-refractivity contribution < 1.29 is 89.4 Å². The number of hydrogen-bond acceptors (Lipinski definition) is 18. The van der Waals surface area contributed by atoms with Gasteiger partial charge in [-0.3, -0.25) is 4.79 Å². The molecule has 0 spiro atoms. The lowest BCUT2D eigenvalue weighted by Crippen LogP contribution is -2.66. The SMILES string of the molecule is CCCCCCCCCC/C=C\CCCCCCCCCCCCCCCCCCCCCC(=O)NC(COC1OC(CO)C(OC2OC(CO)C(OC3OC(CO)C(O)C(O)C3O)C(O)C2O)C(O)C1O)C(O)/C=C/CC/C=C/CC/C=C/CCCCCCCCCCC. The number of aliphatic hydroxyl groups is 11. The molecule has 0 aliphatic carbocycles. The lowest BCUT2D eigenvalue weighted by atomic mass is 9.96. The number of nitrogens with one attached hydrogen (secondary N) is 1. The maximum absolute atomic E-state index is 13.4. The summed E-state index contributed by atoms with van der Waals surface area (Å²) in [4.78, 5) is 13.4. The van der Waals surface area contributed by atoms with E-state index < -0.39 is 124 Å². The average molecular weight is 1350 g/mol. The molecular weight excluding hydrogens is 1210 g/mol. The Morgan fingerprint density at radius 2 is 0.674 bits per heavy atom. The van der Waals surface area contributed by atoms with Crippen LogP contribution in [0.15, 0.2) is 48.6 Å². The first-order valence-corrected chi connectivity index (χ1v) is 38.4. The first-order valence-electron chi connectivity index (χ1n) is 38.4. The van der Waals surface area contributed by atoms with Crippen molar-refractivity contribution >= 4 is 5.91 Å². The highest BCUT2D eigenvalue weighted by Gasteiger charge is 2.53. The molecule has 0 aromatic rings. The van der Waals surface area contributed by atoms with E-state index in [4.69, 9.17) is 28.4 Å². The van der Waals surface area contributed by atoms with Gasteiger partial charge in [-0.15, -0.1) is 0 Å². The van der Waals surface area contributed by atoms with Crippen molar-refractivity contribution in [3.05, 3.63) is 48.6 Å². The predicted octanol–water partition coefficient (Wildman–Crippen LogP) is 11.7.